The molecule has 0 bridgehead atoms. The maximum Gasteiger partial charge on any atom is 0.345 e. The van der Waals surface area contributed by atoms with Gasteiger partial charge in [-0.25, -0.2) is 9.18 Å². The Morgan fingerprint density at radius 3 is 2.88 bits per heavy atom. The smallest absolute Gasteiger partial charge is 0.336 e. The van der Waals surface area contributed by atoms with Crippen LogP contribution in [0.25, 0.3) is 0 Å². The summed E-state index contributed by atoms with van der Waals surface area (Å²) in [5.41, 5.74) is 2.83. The largest absolute Gasteiger partial charge is 0.345 e. The highest BCUT2D eigenvalue weighted by Gasteiger charge is 2.28. The van der Waals surface area contributed by atoms with Crippen molar-refractivity contribution in [2.75, 3.05) is 6.54 Å². The summed E-state index contributed by atoms with van der Waals surface area (Å²) in [7, 11) is 0. The van der Waals surface area contributed by atoms with Gasteiger partial charge >= 0.3 is 5.69 Å². The van der Waals surface area contributed by atoms with Crippen molar-refractivity contribution >= 4 is 5.91 Å². The summed E-state index contributed by atoms with van der Waals surface area (Å²) < 4.78 is 13.6. The molecule has 1 amide bonds. The zero-order valence-corrected chi connectivity index (χ0v) is 15.2. The van der Waals surface area contributed by atoms with Crippen LogP contribution in [0.15, 0.2) is 29.1 Å². The molecule has 1 saturated heterocycles. The highest BCUT2D eigenvalue weighted by molar-refractivity contribution is 5.77. The fourth-order valence-electron chi connectivity index (χ4n) is 3.79. The van der Waals surface area contributed by atoms with Crippen molar-refractivity contribution in [3.8, 4) is 0 Å². The first-order chi connectivity index (χ1) is 12.5. The monoisotopic (exact) mass is 357 g/mol. The average Bonchev–Trinajstić information content (AvgIpc) is 2.60. The van der Waals surface area contributed by atoms with Crippen LogP contribution in [0.5, 0.6) is 0 Å². The SMILES string of the molecule is Cc1nc(=O)[nH]c(C)c1CCC(=O)N1CCCCC1c1cccc(F)c1. The summed E-state index contributed by atoms with van der Waals surface area (Å²) in [5.74, 6) is -0.213. The Labute approximate surface area is 152 Å². The minimum absolute atomic E-state index is 0.0592. The van der Waals surface area contributed by atoms with Crippen LogP contribution in [0, 0.1) is 19.7 Å². The van der Waals surface area contributed by atoms with E-state index in [-0.39, 0.29) is 23.5 Å². The molecule has 0 spiro atoms. The number of nitrogens with zero attached hydrogens (tertiary/aromatic N) is 2. The molecule has 0 aliphatic carbocycles. The molecule has 1 atom stereocenters. The topological polar surface area (TPSA) is 66.1 Å². The minimum atomic E-state index is -0.364. The lowest BCUT2D eigenvalue weighted by Crippen LogP contribution is -2.38. The molecule has 2 heterocycles. The van der Waals surface area contributed by atoms with Crippen LogP contribution in [0.3, 0.4) is 0 Å². The number of hydrogen-bond acceptors (Lipinski definition) is 3. The Hall–Kier alpha value is -2.50. The summed E-state index contributed by atoms with van der Waals surface area (Å²) >= 11 is 0. The Bertz CT molecular complexity index is 836. The number of carbonyl (C=O) groups is 1. The van der Waals surface area contributed by atoms with E-state index in [9.17, 15) is 14.0 Å². The summed E-state index contributed by atoms with van der Waals surface area (Å²) in [4.78, 5) is 32.8. The van der Waals surface area contributed by atoms with Crippen molar-refractivity contribution in [1.82, 2.24) is 14.9 Å². The molecule has 2 aromatic rings. The minimum Gasteiger partial charge on any atom is -0.336 e. The number of H-pyrrole nitrogens is 1. The van der Waals surface area contributed by atoms with E-state index in [1.54, 1.807) is 13.0 Å². The summed E-state index contributed by atoms with van der Waals surface area (Å²) in [6, 6.07) is 6.46. The van der Waals surface area contributed by atoms with Crippen molar-refractivity contribution < 1.29 is 9.18 Å². The van der Waals surface area contributed by atoms with Crippen LogP contribution in [0.2, 0.25) is 0 Å². The van der Waals surface area contributed by atoms with E-state index in [4.69, 9.17) is 0 Å². The van der Waals surface area contributed by atoms with Gasteiger partial charge in [0.15, 0.2) is 0 Å². The number of rotatable bonds is 4. The second kappa shape index (κ2) is 7.81. The quantitative estimate of drug-likeness (QED) is 0.914. The molecule has 26 heavy (non-hydrogen) atoms. The van der Waals surface area contributed by atoms with Crippen LogP contribution in [-0.4, -0.2) is 27.3 Å². The number of benzene rings is 1. The van der Waals surface area contributed by atoms with Gasteiger partial charge in [0.2, 0.25) is 5.91 Å². The van der Waals surface area contributed by atoms with Gasteiger partial charge in [0.25, 0.3) is 0 Å². The standard InChI is InChI=1S/C20H24FN3O2/c1-13-17(14(2)23-20(26)22-13)9-10-19(25)24-11-4-3-8-18(24)15-6-5-7-16(21)12-15/h5-7,12,18H,3-4,8-11H2,1-2H3,(H,22,23,26). The predicted octanol–water partition coefficient (Wildman–Crippen LogP) is 3.21. The number of nitrogens with one attached hydrogen (secondary N) is 1. The lowest BCUT2D eigenvalue weighted by atomic mass is 9.94. The number of halogens is 1. The number of aryl methyl sites for hydroxylation is 2. The third kappa shape index (κ3) is 4.00. The van der Waals surface area contributed by atoms with Gasteiger partial charge in [0.1, 0.15) is 5.82 Å². The van der Waals surface area contributed by atoms with Gasteiger partial charge in [-0.05, 0) is 62.8 Å². The molecule has 6 heteroatoms. The summed E-state index contributed by atoms with van der Waals surface area (Å²) in [5, 5.41) is 0. The van der Waals surface area contributed by atoms with Gasteiger partial charge in [-0.3, -0.25) is 4.79 Å². The molecule has 1 aromatic heterocycles. The number of amides is 1. The number of likely N-dealkylation sites (tertiary alicyclic amines) is 1. The molecule has 5 nitrogen and oxygen atoms in total. The normalized spacial score (nSPS) is 17.3. The van der Waals surface area contributed by atoms with E-state index >= 15 is 0 Å². The van der Waals surface area contributed by atoms with Crippen LogP contribution in [0.4, 0.5) is 4.39 Å². The van der Waals surface area contributed by atoms with Gasteiger partial charge < -0.3 is 9.88 Å². The Morgan fingerprint density at radius 2 is 2.15 bits per heavy atom. The van der Waals surface area contributed by atoms with E-state index < -0.39 is 0 Å². The van der Waals surface area contributed by atoms with E-state index in [2.05, 4.69) is 9.97 Å². The highest BCUT2D eigenvalue weighted by Crippen LogP contribution is 2.32. The third-order valence-corrected chi connectivity index (χ3v) is 5.10. The van der Waals surface area contributed by atoms with Gasteiger partial charge in [0.05, 0.1) is 6.04 Å². The first-order valence-corrected chi connectivity index (χ1v) is 9.07. The molecule has 1 unspecified atom stereocenters. The fraction of sp³-hybridized carbons (Fsp3) is 0.450. The molecule has 3 rings (SSSR count). The van der Waals surface area contributed by atoms with Gasteiger partial charge in [-0.1, -0.05) is 12.1 Å². The second-order valence-corrected chi connectivity index (χ2v) is 6.88. The van der Waals surface area contributed by atoms with Crippen molar-refractivity contribution in [1.29, 1.82) is 0 Å². The number of piperidine rings is 1. The lowest BCUT2D eigenvalue weighted by molar-refractivity contribution is -0.135. The zero-order chi connectivity index (χ0) is 18.7. The summed E-state index contributed by atoms with van der Waals surface area (Å²) in [6.07, 6.45) is 3.74. The Kier molecular flexibility index (Phi) is 5.49. The Balaban J connectivity index is 1.74. The lowest BCUT2D eigenvalue weighted by Gasteiger charge is -2.36. The van der Waals surface area contributed by atoms with Gasteiger partial charge in [0, 0.05) is 24.4 Å². The van der Waals surface area contributed by atoms with Crippen LogP contribution in [0.1, 0.15) is 54.2 Å². The molecule has 138 valence electrons. The molecule has 1 aromatic carbocycles. The van der Waals surface area contributed by atoms with E-state index in [0.29, 0.717) is 25.1 Å². The number of aromatic amines is 1. The molecular weight excluding hydrogens is 333 g/mol. The maximum absolute atomic E-state index is 13.6. The van der Waals surface area contributed by atoms with Crippen LogP contribution < -0.4 is 5.69 Å². The van der Waals surface area contributed by atoms with E-state index in [0.717, 1.165) is 36.1 Å². The molecular formula is C20H24FN3O2. The van der Waals surface area contributed by atoms with Crippen molar-refractivity contribution in [2.45, 2.75) is 52.0 Å². The maximum atomic E-state index is 13.6. The second-order valence-electron chi connectivity index (χ2n) is 6.88. The van der Waals surface area contributed by atoms with Crippen molar-refractivity contribution in [3.63, 3.8) is 0 Å². The number of aromatic nitrogens is 2. The summed E-state index contributed by atoms with van der Waals surface area (Å²) in [6.45, 7) is 4.31. The highest BCUT2D eigenvalue weighted by atomic mass is 19.1. The average molecular weight is 357 g/mol. The first kappa shape index (κ1) is 18.3. The van der Waals surface area contributed by atoms with Crippen LogP contribution in [-0.2, 0) is 11.2 Å². The predicted molar refractivity (Wildman–Crippen MR) is 97.4 cm³/mol. The molecule has 0 saturated carbocycles. The molecule has 1 N–H and O–H groups in total. The third-order valence-electron chi connectivity index (χ3n) is 5.10. The van der Waals surface area contributed by atoms with Gasteiger partial charge in [-0.2, -0.15) is 4.98 Å². The molecule has 1 aliphatic rings. The zero-order valence-electron chi connectivity index (χ0n) is 15.2. The van der Waals surface area contributed by atoms with Crippen molar-refractivity contribution in [2.24, 2.45) is 0 Å². The van der Waals surface area contributed by atoms with Crippen LogP contribution >= 0.6 is 0 Å². The van der Waals surface area contributed by atoms with E-state index in [1.165, 1.54) is 12.1 Å². The molecule has 1 aliphatic heterocycles. The molecule has 1 fully saturated rings. The Morgan fingerprint density at radius 1 is 1.35 bits per heavy atom. The van der Waals surface area contributed by atoms with E-state index in [1.807, 2.05) is 17.9 Å². The molecule has 0 radical (unpaired) electrons. The number of carbonyl (C=O) groups excluding carboxylic acids is 1. The van der Waals surface area contributed by atoms with Gasteiger partial charge in [-0.15, -0.1) is 0 Å². The fourth-order valence-corrected chi connectivity index (χ4v) is 3.79. The van der Waals surface area contributed by atoms with Crippen molar-refractivity contribution in [3.05, 3.63) is 63.1 Å². The number of hydrogen-bond donors (Lipinski definition) is 1. The first-order valence-electron chi connectivity index (χ1n) is 9.07.